The highest BCUT2D eigenvalue weighted by Gasteiger charge is 1.86. The minimum atomic E-state index is 0.793. The van der Waals surface area contributed by atoms with Crippen LogP contribution < -0.4 is 0 Å². The van der Waals surface area contributed by atoms with E-state index in [1.807, 2.05) is 0 Å². The predicted octanol–water partition coefficient (Wildman–Crippen LogP) is 4.92. The largest absolute Gasteiger partial charge is 0.127 e. The Hall–Kier alpha value is 0.0300. The van der Waals surface area contributed by atoms with Crippen molar-refractivity contribution >= 4 is 11.6 Å². The molecular weight excluding hydrogens is 180 g/mol. The van der Waals surface area contributed by atoms with Crippen LogP contribution in [0.3, 0.4) is 0 Å². The van der Waals surface area contributed by atoms with E-state index < -0.39 is 0 Å². The average Bonchev–Trinajstić information content (AvgIpc) is 2.16. The van der Waals surface area contributed by atoms with Crippen molar-refractivity contribution in [2.24, 2.45) is 0 Å². The minimum Gasteiger partial charge on any atom is -0.127 e. The molecule has 0 fully saturated rings. The van der Waals surface area contributed by atoms with Gasteiger partial charge in [0.1, 0.15) is 0 Å². The van der Waals surface area contributed by atoms with Gasteiger partial charge in [-0.1, -0.05) is 44.8 Å². The Labute approximate surface area is 88.4 Å². The van der Waals surface area contributed by atoms with E-state index in [9.17, 15) is 0 Å². The van der Waals surface area contributed by atoms with Gasteiger partial charge in [0, 0.05) is 5.88 Å². The second-order valence-electron chi connectivity index (χ2n) is 3.51. The van der Waals surface area contributed by atoms with Gasteiger partial charge in [-0.3, -0.25) is 0 Å². The second-order valence-corrected chi connectivity index (χ2v) is 3.88. The first-order valence-electron chi connectivity index (χ1n) is 5.62. The standard InChI is InChI=1S/C12H23Cl/c1-2-3-4-5-6-7-8-9-10-11-12-13/h8-9H,2-7,10-12H2,1H3/b9-8+. The Bertz CT molecular complexity index is 108. The molecule has 0 spiro atoms. The topological polar surface area (TPSA) is 0 Å². The van der Waals surface area contributed by atoms with E-state index in [-0.39, 0.29) is 0 Å². The van der Waals surface area contributed by atoms with Crippen molar-refractivity contribution in [3.8, 4) is 0 Å². The van der Waals surface area contributed by atoms with E-state index >= 15 is 0 Å². The van der Waals surface area contributed by atoms with Gasteiger partial charge < -0.3 is 0 Å². The van der Waals surface area contributed by atoms with E-state index in [1.165, 1.54) is 38.5 Å². The summed E-state index contributed by atoms with van der Waals surface area (Å²) in [5, 5.41) is 0. The van der Waals surface area contributed by atoms with Crippen LogP contribution in [-0.2, 0) is 0 Å². The Morgan fingerprint density at radius 3 is 2.08 bits per heavy atom. The van der Waals surface area contributed by atoms with Crippen LogP contribution in [0.1, 0.15) is 58.3 Å². The first-order valence-corrected chi connectivity index (χ1v) is 6.16. The van der Waals surface area contributed by atoms with Crippen molar-refractivity contribution in [3.05, 3.63) is 12.2 Å². The van der Waals surface area contributed by atoms with Crippen LogP contribution in [0.2, 0.25) is 0 Å². The number of alkyl halides is 1. The zero-order chi connectivity index (χ0) is 9.78. The van der Waals surface area contributed by atoms with Gasteiger partial charge in [0.2, 0.25) is 0 Å². The molecule has 0 heterocycles. The molecular formula is C12H23Cl. The summed E-state index contributed by atoms with van der Waals surface area (Å²) in [6.45, 7) is 2.26. The van der Waals surface area contributed by atoms with Gasteiger partial charge in [-0.05, 0) is 25.7 Å². The van der Waals surface area contributed by atoms with Crippen LogP contribution in [0.25, 0.3) is 0 Å². The van der Waals surface area contributed by atoms with Crippen molar-refractivity contribution in [2.45, 2.75) is 58.3 Å². The van der Waals surface area contributed by atoms with Crippen LogP contribution in [0.5, 0.6) is 0 Å². The van der Waals surface area contributed by atoms with Gasteiger partial charge in [0.15, 0.2) is 0 Å². The van der Waals surface area contributed by atoms with Crippen molar-refractivity contribution in [3.63, 3.8) is 0 Å². The van der Waals surface area contributed by atoms with Crippen LogP contribution >= 0.6 is 11.6 Å². The summed E-state index contributed by atoms with van der Waals surface area (Å²) in [6, 6.07) is 0. The summed E-state index contributed by atoms with van der Waals surface area (Å²) in [5.41, 5.74) is 0. The molecule has 0 aromatic carbocycles. The van der Waals surface area contributed by atoms with E-state index in [0.717, 1.165) is 18.7 Å². The predicted molar refractivity (Wildman–Crippen MR) is 62.5 cm³/mol. The summed E-state index contributed by atoms with van der Waals surface area (Å²) >= 11 is 5.56. The highest BCUT2D eigenvalue weighted by molar-refractivity contribution is 6.17. The SMILES string of the molecule is CCCCCCC/C=C/CCCCl. The maximum Gasteiger partial charge on any atom is 0.0226 e. The molecule has 0 N–H and O–H groups in total. The molecule has 0 bridgehead atoms. The molecule has 0 aromatic rings. The number of unbranched alkanes of at least 4 members (excludes halogenated alkanes) is 6. The zero-order valence-corrected chi connectivity index (χ0v) is 9.65. The van der Waals surface area contributed by atoms with E-state index in [4.69, 9.17) is 11.6 Å². The Kier molecular flexibility index (Phi) is 12.1. The van der Waals surface area contributed by atoms with E-state index in [1.54, 1.807) is 0 Å². The fraction of sp³-hybridized carbons (Fsp3) is 0.833. The molecule has 0 rings (SSSR count). The smallest absolute Gasteiger partial charge is 0.0226 e. The van der Waals surface area contributed by atoms with Crippen LogP contribution in [0, 0.1) is 0 Å². The first kappa shape index (κ1) is 13.0. The van der Waals surface area contributed by atoms with E-state index in [0.29, 0.717) is 0 Å². The lowest BCUT2D eigenvalue weighted by atomic mass is 10.1. The van der Waals surface area contributed by atoms with Crippen LogP contribution in [0.15, 0.2) is 12.2 Å². The minimum absolute atomic E-state index is 0.793. The summed E-state index contributed by atoms with van der Waals surface area (Å²) in [6.07, 6.45) is 15.0. The maximum absolute atomic E-state index is 5.56. The van der Waals surface area contributed by atoms with Crippen LogP contribution in [-0.4, -0.2) is 5.88 Å². The third-order valence-corrected chi connectivity index (χ3v) is 2.41. The quantitative estimate of drug-likeness (QED) is 0.283. The molecule has 0 aliphatic carbocycles. The Morgan fingerprint density at radius 2 is 1.46 bits per heavy atom. The normalized spacial score (nSPS) is 11.2. The van der Waals surface area contributed by atoms with Crippen molar-refractivity contribution in [2.75, 3.05) is 5.88 Å². The number of rotatable bonds is 9. The van der Waals surface area contributed by atoms with E-state index in [2.05, 4.69) is 19.1 Å². The fourth-order valence-electron chi connectivity index (χ4n) is 1.30. The van der Waals surface area contributed by atoms with Gasteiger partial charge in [-0.25, -0.2) is 0 Å². The fourth-order valence-corrected chi connectivity index (χ4v) is 1.45. The lowest BCUT2D eigenvalue weighted by Gasteiger charge is -1.95. The number of hydrogen-bond acceptors (Lipinski definition) is 0. The van der Waals surface area contributed by atoms with Gasteiger partial charge in [0.05, 0.1) is 0 Å². The third-order valence-electron chi connectivity index (χ3n) is 2.15. The molecule has 0 nitrogen and oxygen atoms in total. The molecule has 0 atom stereocenters. The monoisotopic (exact) mass is 202 g/mol. The van der Waals surface area contributed by atoms with Crippen molar-refractivity contribution in [1.29, 1.82) is 0 Å². The maximum atomic E-state index is 5.56. The highest BCUT2D eigenvalue weighted by Crippen LogP contribution is 2.05. The molecule has 0 radical (unpaired) electrons. The third kappa shape index (κ3) is 12.0. The molecule has 0 amide bonds. The Morgan fingerprint density at radius 1 is 0.846 bits per heavy atom. The summed E-state index contributed by atoms with van der Waals surface area (Å²) in [7, 11) is 0. The molecule has 0 saturated heterocycles. The van der Waals surface area contributed by atoms with Gasteiger partial charge >= 0.3 is 0 Å². The molecule has 1 heteroatoms. The number of hydrogen-bond donors (Lipinski definition) is 0. The second kappa shape index (κ2) is 12.0. The van der Waals surface area contributed by atoms with Crippen molar-refractivity contribution < 1.29 is 0 Å². The van der Waals surface area contributed by atoms with Gasteiger partial charge in [-0.2, -0.15) is 0 Å². The average molecular weight is 203 g/mol. The van der Waals surface area contributed by atoms with Gasteiger partial charge in [-0.15, -0.1) is 11.6 Å². The summed E-state index contributed by atoms with van der Waals surface area (Å²) < 4.78 is 0. The van der Waals surface area contributed by atoms with Crippen molar-refractivity contribution in [1.82, 2.24) is 0 Å². The highest BCUT2D eigenvalue weighted by atomic mass is 35.5. The van der Waals surface area contributed by atoms with Crippen LogP contribution in [0.4, 0.5) is 0 Å². The molecule has 0 aliphatic heterocycles. The molecule has 0 aromatic heterocycles. The molecule has 78 valence electrons. The molecule has 13 heavy (non-hydrogen) atoms. The summed E-state index contributed by atoms with van der Waals surface area (Å²) in [5.74, 6) is 0.793. The molecule has 0 aliphatic rings. The molecule has 0 saturated carbocycles. The lowest BCUT2D eigenvalue weighted by molar-refractivity contribution is 0.637. The lowest BCUT2D eigenvalue weighted by Crippen LogP contribution is -1.76. The first-order chi connectivity index (χ1) is 6.41. The summed E-state index contributed by atoms with van der Waals surface area (Å²) in [4.78, 5) is 0. The zero-order valence-electron chi connectivity index (χ0n) is 8.90. The Balaban J connectivity index is 2.93. The number of halogens is 1. The molecule has 0 unspecified atom stereocenters. The van der Waals surface area contributed by atoms with Gasteiger partial charge in [0.25, 0.3) is 0 Å². The number of allylic oxidation sites excluding steroid dienone is 2.